The van der Waals surface area contributed by atoms with Gasteiger partial charge in [0, 0.05) is 11.1 Å². The van der Waals surface area contributed by atoms with Crippen LogP contribution >= 0.6 is 0 Å². The molecule has 3 nitrogen and oxygen atoms in total. The summed E-state index contributed by atoms with van der Waals surface area (Å²) in [6.45, 7) is 0. The fourth-order valence-electron chi connectivity index (χ4n) is 3.98. The molecule has 0 saturated carbocycles. The standard InChI is InChI=1S/C26H21NO2S/c1-29-21-17-15-20(16-18-21)26(19-9-3-2-4-10-19)27-30(28)24-13-7-5-11-22(24)23-12-6-8-14-25(23)30/h2-18,26H,1H3/t26-/m1/s1. The average molecular weight is 412 g/mol. The molecule has 0 aromatic heterocycles. The van der Waals surface area contributed by atoms with E-state index in [-0.39, 0.29) is 6.04 Å². The second-order valence-electron chi connectivity index (χ2n) is 7.21. The number of benzene rings is 4. The first-order chi connectivity index (χ1) is 14.7. The Morgan fingerprint density at radius 2 is 1.17 bits per heavy atom. The minimum Gasteiger partial charge on any atom is -0.497 e. The molecule has 0 N–H and O–H groups in total. The highest BCUT2D eigenvalue weighted by atomic mass is 32.2. The van der Waals surface area contributed by atoms with E-state index in [1.54, 1.807) is 7.11 Å². The lowest BCUT2D eigenvalue weighted by molar-refractivity contribution is 0.414. The molecule has 0 bridgehead atoms. The summed E-state index contributed by atoms with van der Waals surface area (Å²) in [7, 11) is -1.14. The number of rotatable bonds is 4. The molecule has 4 aromatic rings. The zero-order chi connectivity index (χ0) is 20.6. The summed E-state index contributed by atoms with van der Waals surface area (Å²) in [5, 5.41) is 0. The van der Waals surface area contributed by atoms with E-state index in [0.717, 1.165) is 37.8 Å². The van der Waals surface area contributed by atoms with Crippen molar-refractivity contribution in [2.24, 2.45) is 4.36 Å². The summed E-state index contributed by atoms with van der Waals surface area (Å²) in [5.41, 5.74) is 3.99. The smallest absolute Gasteiger partial charge is 0.118 e. The molecule has 1 aliphatic heterocycles. The molecule has 1 aliphatic rings. The SMILES string of the molecule is COc1ccc([C@H](N=S2(=O)c3ccccc3-c3ccccc32)c2ccccc2)cc1. The van der Waals surface area contributed by atoms with Crippen molar-refractivity contribution >= 4 is 9.73 Å². The Bertz CT molecular complexity index is 1270. The van der Waals surface area contributed by atoms with Gasteiger partial charge in [0.05, 0.1) is 16.9 Å². The Morgan fingerprint density at radius 1 is 0.667 bits per heavy atom. The topological polar surface area (TPSA) is 38.7 Å². The third kappa shape index (κ3) is 3.01. The molecule has 0 fully saturated rings. The van der Waals surface area contributed by atoms with Gasteiger partial charge in [0.15, 0.2) is 0 Å². The summed E-state index contributed by atoms with van der Waals surface area (Å²) in [5.74, 6) is 0.784. The molecular formula is C26H21NO2S. The van der Waals surface area contributed by atoms with Crippen molar-refractivity contribution in [1.82, 2.24) is 0 Å². The predicted molar refractivity (Wildman–Crippen MR) is 120 cm³/mol. The molecule has 0 amide bonds. The van der Waals surface area contributed by atoms with Crippen molar-refractivity contribution in [1.29, 1.82) is 0 Å². The van der Waals surface area contributed by atoms with Crippen LogP contribution in [-0.2, 0) is 9.73 Å². The fourth-order valence-corrected chi connectivity index (χ4v) is 6.46. The van der Waals surface area contributed by atoms with Crippen LogP contribution in [0.15, 0.2) is 117 Å². The van der Waals surface area contributed by atoms with Crippen LogP contribution in [0.5, 0.6) is 5.75 Å². The van der Waals surface area contributed by atoms with Crippen molar-refractivity contribution in [2.75, 3.05) is 7.11 Å². The Hall–Kier alpha value is -3.37. The number of hydrogen-bond acceptors (Lipinski definition) is 3. The fraction of sp³-hybridized carbons (Fsp3) is 0.0769. The maximum absolute atomic E-state index is 14.5. The molecule has 1 heterocycles. The monoisotopic (exact) mass is 411 g/mol. The zero-order valence-corrected chi connectivity index (χ0v) is 17.4. The lowest BCUT2D eigenvalue weighted by Gasteiger charge is -2.17. The highest BCUT2D eigenvalue weighted by Gasteiger charge is 2.32. The summed E-state index contributed by atoms with van der Waals surface area (Å²) in [6.07, 6.45) is 0. The predicted octanol–water partition coefficient (Wildman–Crippen LogP) is 6.35. The van der Waals surface area contributed by atoms with Crippen molar-refractivity contribution < 1.29 is 8.95 Å². The van der Waals surface area contributed by atoms with Gasteiger partial charge in [0.25, 0.3) is 0 Å². The Kier molecular flexibility index (Phi) is 4.64. The third-order valence-electron chi connectivity index (χ3n) is 5.46. The number of nitrogens with zero attached hydrogens (tertiary/aromatic N) is 1. The highest BCUT2D eigenvalue weighted by molar-refractivity contribution is 7.94. The average Bonchev–Trinajstić information content (AvgIpc) is 3.07. The van der Waals surface area contributed by atoms with Gasteiger partial charge in [-0.1, -0.05) is 78.9 Å². The minimum atomic E-state index is -2.79. The molecule has 0 unspecified atom stereocenters. The first kappa shape index (κ1) is 18.6. The second kappa shape index (κ2) is 7.47. The van der Waals surface area contributed by atoms with Gasteiger partial charge in [-0.2, -0.15) is 0 Å². The summed E-state index contributed by atoms with van der Waals surface area (Å²) in [4.78, 5) is 1.58. The van der Waals surface area contributed by atoms with E-state index in [1.165, 1.54) is 0 Å². The molecule has 5 rings (SSSR count). The molecule has 0 aliphatic carbocycles. The van der Waals surface area contributed by atoms with Crippen molar-refractivity contribution in [2.45, 2.75) is 15.8 Å². The van der Waals surface area contributed by atoms with E-state index in [1.807, 2.05) is 103 Å². The molecule has 0 saturated heterocycles. The van der Waals surface area contributed by atoms with Gasteiger partial charge < -0.3 is 4.74 Å². The Labute approximate surface area is 177 Å². The number of methoxy groups -OCH3 is 1. The Morgan fingerprint density at radius 3 is 1.73 bits per heavy atom. The highest BCUT2D eigenvalue weighted by Crippen LogP contribution is 2.46. The molecule has 30 heavy (non-hydrogen) atoms. The van der Waals surface area contributed by atoms with Crippen molar-refractivity contribution in [3.8, 4) is 16.9 Å². The van der Waals surface area contributed by atoms with Gasteiger partial charge in [-0.3, -0.25) is 0 Å². The van der Waals surface area contributed by atoms with Crippen molar-refractivity contribution in [3.05, 3.63) is 114 Å². The van der Waals surface area contributed by atoms with Gasteiger partial charge >= 0.3 is 0 Å². The van der Waals surface area contributed by atoms with Crippen LogP contribution in [0, 0.1) is 0 Å². The maximum Gasteiger partial charge on any atom is 0.118 e. The second-order valence-corrected chi connectivity index (χ2v) is 9.35. The summed E-state index contributed by atoms with van der Waals surface area (Å²) < 4.78 is 24.9. The quantitative estimate of drug-likeness (QED) is 0.345. The zero-order valence-electron chi connectivity index (χ0n) is 16.6. The minimum absolute atomic E-state index is 0.358. The van der Waals surface area contributed by atoms with Gasteiger partial charge in [-0.15, -0.1) is 0 Å². The lowest BCUT2D eigenvalue weighted by atomic mass is 10.00. The van der Waals surface area contributed by atoms with Crippen LogP contribution in [0.2, 0.25) is 0 Å². The molecule has 4 heteroatoms. The molecule has 148 valence electrons. The van der Waals surface area contributed by atoms with Crippen molar-refractivity contribution in [3.63, 3.8) is 0 Å². The van der Waals surface area contributed by atoms with E-state index in [2.05, 4.69) is 0 Å². The van der Waals surface area contributed by atoms with Crippen LogP contribution in [0.1, 0.15) is 17.2 Å². The molecular weight excluding hydrogens is 390 g/mol. The van der Waals surface area contributed by atoms with Crippen LogP contribution in [0.4, 0.5) is 0 Å². The summed E-state index contributed by atoms with van der Waals surface area (Å²) in [6, 6.07) is 33.3. The number of ether oxygens (including phenoxy) is 1. The molecule has 4 aromatic carbocycles. The third-order valence-corrected chi connectivity index (χ3v) is 7.87. The van der Waals surface area contributed by atoms with Crippen LogP contribution in [-0.4, -0.2) is 11.3 Å². The maximum atomic E-state index is 14.5. The van der Waals surface area contributed by atoms with Crippen LogP contribution in [0.3, 0.4) is 0 Å². The number of hydrogen-bond donors (Lipinski definition) is 0. The van der Waals surface area contributed by atoms with Gasteiger partial charge in [0.1, 0.15) is 21.5 Å². The molecule has 0 spiro atoms. The van der Waals surface area contributed by atoms with E-state index < -0.39 is 9.73 Å². The molecule has 0 radical (unpaired) electrons. The van der Waals surface area contributed by atoms with E-state index in [0.29, 0.717) is 0 Å². The summed E-state index contributed by atoms with van der Waals surface area (Å²) >= 11 is 0. The normalized spacial score (nSPS) is 14.4. The van der Waals surface area contributed by atoms with Gasteiger partial charge in [0.2, 0.25) is 0 Å². The molecule has 1 atom stereocenters. The largest absolute Gasteiger partial charge is 0.497 e. The van der Waals surface area contributed by atoms with E-state index >= 15 is 0 Å². The van der Waals surface area contributed by atoms with E-state index in [9.17, 15) is 4.21 Å². The van der Waals surface area contributed by atoms with Crippen LogP contribution < -0.4 is 4.74 Å². The van der Waals surface area contributed by atoms with Crippen LogP contribution in [0.25, 0.3) is 11.1 Å². The lowest BCUT2D eigenvalue weighted by Crippen LogP contribution is -2.05. The van der Waals surface area contributed by atoms with Gasteiger partial charge in [-0.25, -0.2) is 8.57 Å². The number of fused-ring (bicyclic) bond motifs is 3. The van der Waals surface area contributed by atoms with E-state index in [4.69, 9.17) is 9.10 Å². The van der Waals surface area contributed by atoms with Gasteiger partial charge in [-0.05, 0) is 35.4 Å². The Balaban J connectivity index is 1.77. The first-order valence-corrected chi connectivity index (χ1v) is 11.4. The first-order valence-electron chi connectivity index (χ1n) is 9.84.